The van der Waals surface area contributed by atoms with Gasteiger partial charge >= 0.3 is 5.97 Å². The molecule has 0 aromatic rings. The Hall–Kier alpha value is -0.610. The minimum Gasteiger partial charge on any atom is -0.480 e. The maximum atomic E-state index is 11.1. The van der Waals surface area contributed by atoms with Crippen LogP contribution in [0.1, 0.15) is 47.0 Å². The molecular weight excluding hydrogens is 216 g/mol. The second kappa shape index (κ2) is 7.67. The van der Waals surface area contributed by atoms with Crippen LogP contribution in [0.15, 0.2) is 0 Å². The molecular formula is C13H28N2O2. The van der Waals surface area contributed by atoms with Gasteiger partial charge in [-0.15, -0.1) is 0 Å². The number of nitrogens with zero attached hydrogens (tertiary/aromatic N) is 1. The fourth-order valence-electron chi connectivity index (χ4n) is 1.92. The lowest BCUT2D eigenvalue weighted by molar-refractivity contribution is -0.144. The van der Waals surface area contributed by atoms with E-state index in [4.69, 9.17) is 5.11 Å². The molecule has 2 unspecified atom stereocenters. The van der Waals surface area contributed by atoms with Gasteiger partial charge in [-0.05, 0) is 53.2 Å². The van der Waals surface area contributed by atoms with Gasteiger partial charge in [-0.25, -0.2) is 0 Å². The molecule has 0 bridgehead atoms. The average molecular weight is 244 g/mol. The zero-order chi connectivity index (χ0) is 13.5. The van der Waals surface area contributed by atoms with Gasteiger partial charge < -0.3 is 15.3 Å². The lowest BCUT2D eigenvalue weighted by Crippen LogP contribution is -2.48. The first-order valence-corrected chi connectivity index (χ1v) is 6.57. The molecule has 0 heterocycles. The van der Waals surface area contributed by atoms with Crippen molar-refractivity contribution in [1.29, 1.82) is 0 Å². The summed E-state index contributed by atoms with van der Waals surface area (Å²) in [5.41, 5.74) is -0.797. The van der Waals surface area contributed by atoms with Crippen molar-refractivity contribution in [3.05, 3.63) is 0 Å². The zero-order valence-electron chi connectivity index (χ0n) is 11.9. The van der Waals surface area contributed by atoms with Gasteiger partial charge in [0.25, 0.3) is 0 Å². The molecule has 0 saturated heterocycles. The van der Waals surface area contributed by atoms with Gasteiger partial charge in [0.1, 0.15) is 5.54 Å². The lowest BCUT2D eigenvalue weighted by atomic mass is 9.96. The van der Waals surface area contributed by atoms with E-state index in [2.05, 4.69) is 31.0 Å². The van der Waals surface area contributed by atoms with Gasteiger partial charge in [-0.2, -0.15) is 0 Å². The Balaban J connectivity index is 4.15. The Bertz CT molecular complexity index is 233. The lowest BCUT2D eigenvalue weighted by Gasteiger charge is -2.29. The highest BCUT2D eigenvalue weighted by molar-refractivity contribution is 5.78. The maximum absolute atomic E-state index is 11.1. The fraction of sp³-hybridized carbons (Fsp3) is 0.923. The summed E-state index contributed by atoms with van der Waals surface area (Å²) in [6.07, 6.45) is 2.70. The number of carboxylic acid groups (broad SMARTS) is 1. The van der Waals surface area contributed by atoms with Gasteiger partial charge in [-0.3, -0.25) is 4.79 Å². The number of nitrogens with one attached hydrogen (secondary N) is 1. The van der Waals surface area contributed by atoms with E-state index in [0.29, 0.717) is 12.5 Å². The molecule has 0 spiro atoms. The Morgan fingerprint density at radius 2 is 2.06 bits per heavy atom. The topological polar surface area (TPSA) is 52.6 Å². The average Bonchev–Trinajstić information content (AvgIpc) is 2.33. The number of hydrogen-bond acceptors (Lipinski definition) is 3. The van der Waals surface area contributed by atoms with Crippen molar-refractivity contribution in [3.63, 3.8) is 0 Å². The molecule has 0 fully saturated rings. The number of aliphatic carboxylic acids is 1. The summed E-state index contributed by atoms with van der Waals surface area (Å²) < 4.78 is 0. The summed E-state index contributed by atoms with van der Waals surface area (Å²) in [6.45, 7) is 10.3. The van der Waals surface area contributed by atoms with Gasteiger partial charge in [0.15, 0.2) is 0 Å². The molecule has 4 heteroatoms. The van der Waals surface area contributed by atoms with Gasteiger partial charge in [0.05, 0.1) is 0 Å². The van der Waals surface area contributed by atoms with E-state index >= 15 is 0 Å². The van der Waals surface area contributed by atoms with Crippen LogP contribution >= 0.6 is 0 Å². The third-order valence-electron chi connectivity index (χ3n) is 3.77. The van der Waals surface area contributed by atoms with Crippen LogP contribution < -0.4 is 5.32 Å². The van der Waals surface area contributed by atoms with Crippen LogP contribution in [0.25, 0.3) is 0 Å². The summed E-state index contributed by atoms with van der Waals surface area (Å²) in [7, 11) is 1.71. The Labute approximate surface area is 105 Å². The molecule has 4 nitrogen and oxygen atoms in total. The number of likely N-dealkylation sites (N-methyl/N-ethyl adjacent to an activating group) is 1. The summed E-state index contributed by atoms with van der Waals surface area (Å²) in [4.78, 5) is 13.5. The first kappa shape index (κ1) is 16.4. The van der Waals surface area contributed by atoms with E-state index in [1.54, 1.807) is 14.0 Å². The van der Waals surface area contributed by atoms with Gasteiger partial charge in [0.2, 0.25) is 0 Å². The molecule has 0 amide bonds. The highest BCUT2D eigenvalue weighted by Gasteiger charge is 2.30. The van der Waals surface area contributed by atoms with Crippen LogP contribution in [0.3, 0.4) is 0 Å². The van der Waals surface area contributed by atoms with E-state index < -0.39 is 11.5 Å². The SMILES string of the molecule is CCC(C)N(CC)CCCC(C)(NC)C(=O)O. The minimum absolute atomic E-state index is 0.575. The standard InChI is InChI=1S/C13H28N2O2/c1-6-11(3)15(7-2)10-8-9-13(4,14-5)12(16)17/h11,14H,6-10H2,1-5H3,(H,16,17). The van der Waals surface area contributed by atoms with Crippen molar-refractivity contribution in [1.82, 2.24) is 10.2 Å². The quantitative estimate of drug-likeness (QED) is 0.651. The Morgan fingerprint density at radius 3 is 2.41 bits per heavy atom. The van der Waals surface area contributed by atoms with E-state index in [9.17, 15) is 4.79 Å². The van der Waals surface area contributed by atoms with Crippen molar-refractivity contribution >= 4 is 5.97 Å². The molecule has 0 aromatic heterocycles. The second-order valence-corrected chi connectivity index (χ2v) is 4.88. The van der Waals surface area contributed by atoms with Crippen molar-refractivity contribution in [2.45, 2.75) is 58.5 Å². The molecule has 0 aliphatic heterocycles. The highest BCUT2D eigenvalue weighted by Crippen LogP contribution is 2.14. The summed E-state index contributed by atoms with van der Waals surface area (Å²) in [6, 6.07) is 0.575. The van der Waals surface area contributed by atoms with Crippen LogP contribution in [0, 0.1) is 0 Å². The molecule has 0 radical (unpaired) electrons. The summed E-state index contributed by atoms with van der Waals surface area (Å²) in [5, 5.41) is 12.0. The normalized spacial score (nSPS) is 16.8. The number of carbonyl (C=O) groups is 1. The van der Waals surface area contributed by atoms with Crippen LogP contribution in [0.5, 0.6) is 0 Å². The highest BCUT2D eigenvalue weighted by atomic mass is 16.4. The molecule has 2 N–H and O–H groups in total. The number of rotatable bonds is 9. The molecule has 0 rings (SSSR count). The molecule has 0 aliphatic carbocycles. The smallest absolute Gasteiger partial charge is 0.323 e. The Kier molecular flexibility index (Phi) is 7.39. The first-order valence-electron chi connectivity index (χ1n) is 6.57. The van der Waals surface area contributed by atoms with Crippen molar-refractivity contribution < 1.29 is 9.90 Å². The van der Waals surface area contributed by atoms with E-state index in [1.165, 1.54) is 0 Å². The van der Waals surface area contributed by atoms with Crippen molar-refractivity contribution in [3.8, 4) is 0 Å². The largest absolute Gasteiger partial charge is 0.480 e. The first-order chi connectivity index (χ1) is 7.91. The molecule has 0 aromatic carbocycles. The van der Waals surface area contributed by atoms with Gasteiger partial charge in [0, 0.05) is 6.04 Å². The third-order valence-corrected chi connectivity index (χ3v) is 3.77. The molecule has 2 atom stereocenters. The van der Waals surface area contributed by atoms with Crippen molar-refractivity contribution in [2.75, 3.05) is 20.1 Å². The third kappa shape index (κ3) is 5.04. The predicted octanol–water partition coefficient (Wildman–Crippen LogP) is 1.95. The molecule has 0 aliphatic rings. The van der Waals surface area contributed by atoms with Crippen LogP contribution in [0.4, 0.5) is 0 Å². The van der Waals surface area contributed by atoms with Crippen LogP contribution in [-0.4, -0.2) is 47.7 Å². The molecule has 102 valence electrons. The Morgan fingerprint density at radius 1 is 1.47 bits per heavy atom. The van der Waals surface area contributed by atoms with Crippen LogP contribution in [0.2, 0.25) is 0 Å². The van der Waals surface area contributed by atoms with Gasteiger partial charge in [-0.1, -0.05) is 13.8 Å². The molecule has 17 heavy (non-hydrogen) atoms. The fourth-order valence-corrected chi connectivity index (χ4v) is 1.92. The second-order valence-electron chi connectivity index (χ2n) is 4.88. The van der Waals surface area contributed by atoms with Crippen molar-refractivity contribution in [2.24, 2.45) is 0 Å². The van der Waals surface area contributed by atoms with E-state index in [0.717, 1.165) is 25.9 Å². The maximum Gasteiger partial charge on any atom is 0.323 e. The van der Waals surface area contributed by atoms with E-state index in [-0.39, 0.29) is 0 Å². The predicted molar refractivity (Wildman–Crippen MR) is 71.3 cm³/mol. The van der Waals surface area contributed by atoms with Crippen LogP contribution in [-0.2, 0) is 4.79 Å². The summed E-state index contributed by atoms with van der Waals surface area (Å²) >= 11 is 0. The number of carboxylic acids is 1. The molecule has 0 saturated carbocycles. The monoisotopic (exact) mass is 244 g/mol. The summed E-state index contributed by atoms with van der Waals surface area (Å²) in [5.74, 6) is -0.772. The minimum atomic E-state index is -0.797. The zero-order valence-corrected chi connectivity index (χ0v) is 11.9. The number of hydrogen-bond donors (Lipinski definition) is 2. The van der Waals surface area contributed by atoms with E-state index in [1.807, 2.05) is 0 Å².